The first kappa shape index (κ1) is 11.8. The van der Waals surface area contributed by atoms with Crippen LogP contribution in [0.3, 0.4) is 0 Å². The van der Waals surface area contributed by atoms with Gasteiger partial charge in [0.2, 0.25) is 0 Å². The van der Waals surface area contributed by atoms with Crippen LogP contribution in [-0.2, 0) is 19.7 Å². The van der Waals surface area contributed by atoms with Gasteiger partial charge in [0.15, 0.2) is 0 Å². The molecule has 0 saturated carbocycles. The summed E-state index contributed by atoms with van der Waals surface area (Å²) >= 11 is 0. The predicted molar refractivity (Wildman–Crippen MR) is 61.9 cm³/mol. The van der Waals surface area contributed by atoms with Crippen molar-refractivity contribution in [3.05, 3.63) is 46.8 Å². The highest BCUT2D eigenvalue weighted by atomic mass is 16.6. The Morgan fingerprint density at radius 1 is 1.12 bits per heavy atom. The first-order valence-corrected chi connectivity index (χ1v) is 5.47. The number of benzene rings is 1. The summed E-state index contributed by atoms with van der Waals surface area (Å²) in [5.41, 5.74) is 3.73. The van der Waals surface area contributed by atoms with Gasteiger partial charge in [0.25, 0.3) is 0 Å². The molecule has 0 aliphatic rings. The van der Waals surface area contributed by atoms with Crippen LogP contribution in [0.1, 0.15) is 22.5 Å². The van der Waals surface area contributed by atoms with Gasteiger partial charge in [-0.25, -0.2) is 4.63 Å². The van der Waals surface area contributed by atoms with Crippen LogP contribution in [0, 0.1) is 6.92 Å². The van der Waals surface area contributed by atoms with Crippen molar-refractivity contribution in [1.82, 2.24) is 15.6 Å². The fourth-order valence-corrected chi connectivity index (χ4v) is 1.50. The molecular weight excluding hydrogens is 218 g/mol. The van der Waals surface area contributed by atoms with E-state index in [1.54, 1.807) is 0 Å². The highest BCUT2D eigenvalue weighted by Crippen LogP contribution is 2.05. The molecule has 5 heteroatoms. The maximum absolute atomic E-state index is 8.92. The molecule has 17 heavy (non-hydrogen) atoms. The smallest absolute Gasteiger partial charge is 0.121 e. The van der Waals surface area contributed by atoms with Crippen molar-refractivity contribution in [2.24, 2.45) is 0 Å². The summed E-state index contributed by atoms with van der Waals surface area (Å²) in [7, 11) is 0. The van der Waals surface area contributed by atoms with Gasteiger partial charge < -0.3 is 10.4 Å². The average molecular weight is 233 g/mol. The number of aliphatic hydroxyl groups excluding tert-OH is 1. The van der Waals surface area contributed by atoms with Crippen LogP contribution >= 0.6 is 0 Å². The summed E-state index contributed by atoms with van der Waals surface area (Å²) in [6, 6.07) is 7.82. The number of hydrogen-bond acceptors (Lipinski definition) is 5. The third-order valence-corrected chi connectivity index (χ3v) is 2.57. The van der Waals surface area contributed by atoms with E-state index in [-0.39, 0.29) is 6.61 Å². The fraction of sp³-hybridized carbons (Fsp3) is 0.333. The quantitative estimate of drug-likeness (QED) is 0.811. The zero-order valence-electron chi connectivity index (χ0n) is 9.68. The maximum atomic E-state index is 8.92. The Labute approximate surface area is 99.4 Å². The van der Waals surface area contributed by atoms with Crippen LogP contribution in [0.25, 0.3) is 0 Å². The minimum Gasteiger partial charge on any atom is -0.392 e. The molecule has 2 aromatic rings. The molecular formula is C12H15N3O2. The highest BCUT2D eigenvalue weighted by Gasteiger charge is 2.03. The zero-order valence-corrected chi connectivity index (χ0v) is 9.68. The molecule has 1 aromatic carbocycles. The van der Waals surface area contributed by atoms with Crippen LogP contribution in [0.2, 0.25) is 0 Å². The Kier molecular flexibility index (Phi) is 3.85. The lowest BCUT2D eigenvalue weighted by atomic mass is 10.1. The van der Waals surface area contributed by atoms with E-state index in [1.165, 1.54) is 0 Å². The molecule has 5 nitrogen and oxygen atoms in total. The molecule has 0 radical (unpaired) electrons. The minimum atomic E-state index is 0.0809. The largest absolute Gasteiger partial charge is 0.392 e. The van der Waals surface area contributed by atoms with E-state index in [0.717, 1.165) is 29.1 Å². The maximum Gasteiger partial charge on any atom is 0.121 e. The molecule has 0 saturated heterocycles. The predicted octanol–water partition coefficient (Wildman–Crippen LogP) is 1.16. The lowest BCUT2D eigenvalue weighted by Gasteiger charge is -2.03. The lowest BCUT2D eigenvalue weighted by Crippen LogP contribution is -2.13. The van der Waals surface area contributed by atoms with Crippen molar-refractivity contribution in [2.75, 3.05) is 0 Å². The monoisotopic (exact) mass is 233 g/mol. The van der Waals surface area contributed by atoms with Gasteiger partial charge in [-0.3, -0.25) is 0 Å². The molecule has 0 amide bonds. The Balaban J connectivity index is 1.83. The topological polar surface area (TPSA) is 71.2 Å². The molecule has 0 fully saturated rings. The van der Waals surface area contributed by atoms with E-state index < -0.39 is 0 Å². The van der Waals surface area contributed by atoms with E-state index in [4.69, 9.17) is 5.11 Å². The van der Waals surface area contributed by atoms with Crippen LogP contribution in [0.5, 0.6) is 0 Å². The van der Waals surface area contributed by atoms with Crippen molar-refractivity contribution < 1.29 is 9.74 Å². The van der Waals surface area contributed by atoms with Gasteiger partial charge in [0.05, 0.1) is 6.61 Å². The van der Waals surface area contributed by atoms with Gasteiger partial charge in [-0.15, -0.1) is 0 Å². The second-order valence-electron chi connectivity index (χ2n) is 3.87. The van der Waals surface area contributed by atoms with Crippen LogP contribution in [0.4, 0.5) is 0 Å². The van der Waals surface area contributed by atoms with E-state index in [9.17, 15) is 0 Å². The standard InChI is InChI=1S/C12H15N3O2/c1-9-12(15-17-14-9)7-13-6-10-2-4-11(8-16)5-3-10/h2-5,13,16H,6-8H2,1H3. The number of aromatic nitrogens is 2. The molecule has 2 rings (SSSR count). The fourth-order valence-electron chi connectivity index (χ4n) is 1.50. The molecule has 90 valence electrons. The Morgan fingerprint density at radius 3 is 2.41 bits per heavy atom. The van der Waals surface area contributed by atoms with Gasteiger partial charge in [-0.05, 0) is 18.1 Å². The summed E-state index contributed by atoms with van der Waals surface area (Å²) in [6.45, 7) is 3.33. The van der Waals surface area contributed by atoms with Gasteiger partial charge >= 0.3 is 0 Å². The van der Waals surface area contributed by atoms with E-state index >= 15 is 0 Å². The first-order chi connectivity index (χ1) is 8.29. The molecule has 1 heterocycles. The summed E-state index contributed by atoms with van der Waals surface area (Å²) in [4.78, 5) is 0. The SMILES string of the molecule is Cc1nonc1CNCc1ccc(CO)cc1. The van der Waals surface area contributed by atoms with E-state index in [0.29, 0.717) is 6.54 Å². The first-order valence-electron chi connectivity index (χ1n) is 5.47. The molecule has 0 spiro atoms. The number of aliphatic hydroxyl groups is 1. The number of hydrogen-bond donors (Lipinski definition) is 2. The number of aryl methyl sites for hydroxylation is 1. The van der Waals surface area contributed by atoms with Gasteiger partial charge in [-0.1, -0.05) is 34.6 Å². The Hall–Kier alpha value is -1.72. The van der Waals surface area contributed by atoms with Crippen molar-refractivity contribution in [1.29, 1.82) is 0 Å². The van der Waals surface area contributed by atoms with Gasteiger partial charge in [0.1, 0.15) is 11.4 Å². The van der Waals surface area contributed by atoms with Gasteiger partial charge in [-0.2, -0.15) is 0 Å². The summed E-state index contributed by atoms with van der Waals surface area (Å²) in [5.74, 6) is 0. The van der Waals surface area contributed by atoms with Crippen molar-refractivity contribution >= 4 is 0 Å². The van der Waals surface area contributed by atoms with Gasteiger partial charge in [0, 0.05) is 13.1 Å². The molecule has 0 atom stereocenters. The molecule has 0 bridgehead atoms. The molecule has 2 N–H and O–H groups in total. The summed E-state index contributed by atoms with van der Waals surface area (Å²) < 4.78 is 4.61. The molecule has 1 aromatic heterocycles. The highest BCUT2D eigenvalue weighted by molar-refractivity contribution is 5.21. The zero-order chi connectivity index (χ0) is 12.1. The Bertz CT molecular complexity index is 465. The third-order valence-electron chi connectivity index (χ3n) is 2.57. The molecule has 0 unspecified atom stereocenters. The van der Waals surface area contributed by atoms with Crippen LogP contribution in [0.15, 0.2) is 28.9 Å². The second kappa shape index (κ2) is 5.56. The lowest BCUT2D eigenvalue weighted by molar-refractivity contribution is 0.282. The van der Waals surface area contributed by atoms with E-state index in [2.05, 4.69) is 20.3 Å². The number of nitrogens with one attached hydrogen (secondary N) is 1. The molecule has 0 aliphatic heterocycles. The number of rotatable bonds is 5. The third kappa shape index (κ3) is 3.12. The molecule has 0 aliphatic carbocycles. The summed E-state index contributed by atoms with van der Waals surface area (Å²) in [5, 5.41) is 19.7. The van der Waals surface area contributed by atoms with E-state index in [1.807, 2.05) is 31.2 Å². The van der Waals surface area contributed by atoms with Crippen molar-refractivity contribution in [3.63, 3.8) is 0 Å². The van der Waals surface area contributed by atoms with Crippen LogP contribution < -0.4 is 5.32 Å². The van der Waals surface area contributed by atoms with Crippen molar-refractivity contribution in [3.8, 4) is 0 Å². The summed E-state index contributed by atoms with van der Waals surface area (Å²) in [6.07, 6.45) is 0. The Morgan fingerprint density at radius 2 is 1.82 bits per heavy atom. The normalized spacial score (nSPS) is 10.7. The van der Waals surface area contributed by atoms with Crippen molar-refractivity contribution in [2.45, 2.75) is 26.6 Å². The minimum absolute atomic E-state index is 0.0809. The number of nitrogens with zero attached hydrogens (tertiary/aromatic N) is 2. The second-order valence-corrected chi connectivity index (χ2v) is 3.87. The van der Waals surface area contributed by atoms with Crippen LogP contribution in [-0.4, -0.2) is 15.4 Å². The average Bonchev–Trinajstić information content (AvgIpc) is 2.76.